The Balaban J connectivity index is 2.58. The summed E-state index contributed by atoms with van der Waals surface area (Å²) in [7, 11) is 0. The van der Waals surface area contributed by atoms with E-state index in [0.717, 1.165) is 0 Å². The van der Waals surface area contributed by atoms with Gasteiger partial charge in [-0.1, -0.05) is 13.8 Å². The van der Waals surface area contributed by atoms with Crippen LogP contribution in [0, 0.1) is 5.92 Å². The number of carbonyl (C=O) groups is 2. The van der Waals surface area contributed by atoms with Gasteiger partial charge in [0.05, 0.1) is 6.04 Å². The predicted molar refractivity (Wildman–Crippen MR) is 67.1 cm³/mol. The third-order valence-electron chi connectivity index (χ3n) is 2.72. The molecule has 1 saturated heterocycles. The molecule has 0 aromatic rings. The minimum Gasteiger partial charge on any atom is -0.460 e. The van der Waals surface area contributed by atoms with Crippen molar-refractivity contribution in [3.05, 3.63) is 0 Å². The van der Waals surface area contributed by atoms with E-state index in [-0.39, 0.29) is 24.0 Å². The van der Waals surface area contributed by atoms with Crippen LogP contribution in [0.3, 0.4) is 0 Å². The van der Waals surface area contributed by atoms with Gasteiger partial charge in [-0.2, -0.15) is 0 Å². The summed E-state index contributed by atoms with van der Waals surface area (Å²) < 4.78 is 10.4. The van der Waals surface area contributed by atoms with Crippen LogP contribution in [0.25, 0.3) is 0 Å². The van der Waals surface area contributed by atoms with E-state index in [1.54, 1.807) is 0 Å². The molecule has 0 spiro atoms. The van der Waals surface area contributed by atoms with E-state index >= 15 is 0 Å². The van der Waals surface area contributed by atoms with Crippen molar-refractivity contribution >= 4 is 12.1 Å². The summed E-state index contributed by atoms with van der Waals surface area (Å²) in [5, 5.41) is 2.80. The largest absolute Gasteiger partial charge is 0.460 e. The molecule has 0 bridgehead atoms. The average molecular weight is 257 g/mol. The first kappa shape index (κ1) is 14.8. The van der Waals surface area contributed by atoms with Gasteiger partial charge in [-0.25, -0.2) is 4.79 Å². The van der Waals surface area contributed by atoms with Crippen molar-refractivity contribution in [3.8, 4) is 0 Å². The fourth-order valence-corrected chi connectivity index (χ4v) is 1.93. The Morgan fingerprint density at radius 3 is 2.44 bits per heavy atom. The van der Waals surface area contributed by atoms with Crippen LogP contribution in [-0.2, 0) is 14.3 Å². The monoisotopic (exact) mass is 257 g/mol. The molecule has 0 radical (unpaired) electrons. The van der Waals surface area contributed by atoms with E-state index in [1.165, 1.54) is 0 Å². The van der Waals surface area contributed by atoms with Crippen molar-refractivity contribution in [2.75, 3.05) is 0 Å². The quantitative estimate of drug-likeness (QED) is 0.787. The minimum absolute atomic E-state index is 0.174. The van der Waals surface area contributed by atoms with Gasteiger partial charge in [0.25, 0.3) is 0 Å². The highest BCUT2D eigenvalue weighted by atomic mass is 16.6. The smallest absolute Gasteiger partial charge is 0.408 e. The van der Waals surface area contributed by atoms with Crippen LogP contribution in [0.1, 0.15) is 47.5 Å². The summed E-state index contributed by atoms with van der Waals surface area (Å²) in [6, 6.07) is -0.203. The molecule has 0 aliphatic carbocycles. The van der Waals surface area contributed by atoms with Crippen molar-refractivity contribution < 1.29 is 19.1 Å². The van der Waals surface area contributed by atoms with E-state index in [4.69, 9.17) is 9.47 Å². The molecule has 0 saturated carbocycles. The maximum atomic E-state index is 11.7. The van der Waals surface area contributed by atoms with Crippen LogP contribution >= 0.6 is 0 Å². The first-order valence-electron chi connectivity index (χ1n) is 6.38. The molecule has 5 heteroatoms. The van der Waals surface area contributed by atoms with Crippen molar-refractivity contribution in [1.82, 2.24) is 5.32 Å². The molecule has 1 aliphatic heterocycles. The molecule has 0 aromatic carbocycles. The lowest BCUT2D eigenvalue weighted by Crippen LogP contribution is -2.48. The van der Waals surface area contributed by atoms with Crippen molar-refractivity contribution in [3.63, 3.8) is 0 Å². The Kier molecular flexibility index (Phi) is 4.59. The van der Waals surface area contributed by atoms with E-state index in [2.05, 4.69) is 5.32 Å². The molecular formula is C13H23NO4. The number of nitrogens with one attached hydrogen (secondary N) is 1. The highest BCUT2D eigenvalue weighted by Gasteiger charge is 2.34. The summed E-state index contributed by atoms with van der Waals surface area (Å²) in [5.74, 6) is -0.0231. The third kappa shape index (κ3) is 4.55. The molecule has 2 unspecified atom stereocenters. The number of cyclic esters (lactones) is 1. The number of hydrogen-bond donors (Lipinski definition) is 1. The molecule has 1 aliphatic rings. The van der Waals surface area contributed by atoms with Gasteiger partial charge in [0.2, 0.25) is 0 Å². The molecule has 1 amide bonds. The molecule has 1 rings (SSSR count). The van der Waals surface area contributed by atoms with Gasteiger partial charge >= 0.3 is 12.1 Å². The zero-order valence-electron chi connectivity index (χ0n) is 11.8. The highest BCUT2D eigenvalue weighted by Crippen LogP contribution is 2.22. The van der Waals surface area contributed by atoms with Gasteiger partial charge < -0.3 is 14.8 Å². The van der Waals surface area contributed by atoms with Gasteiger partial charge in [-0.15, -0.1) is 0 Å². The molecule has 1 fully saturated rings. The van der Waals surface area contributed by atoms with Gasteiger partial charge in [-0.3, -0.25) is 4.79 Å². The summed E-state index contributed by atoms with van der Waals surface area (Å²) in [5.41, 5.74) is -0.530. The van der Waals surface area contributed by atoms with Gasteiger partial charge in [-0.05, 0) is 33.1 Å². The number of amides is 1. The van der Waals surface area contributed by atoms with Crippen LogP contribution in [0.2, 0.25) is 0 Å². The zero-order valence-corrected chi connectivity index (χ0v) is 11.8. The zero-order chi connectivity index (χ0) is 13.9. The SMILES string of the molecule is CC(C)C(NC(=O)OC(C)(C)C)C1CCC(=O)O1. The Bertz CT molecular complexity index is 319. The Labute approximate surface area is 108 Å². The second-order valence-corrected chi connectivity index (χ2v) is 5.98. The van der Waals surface area contributed by atoms with E-state index in [1.807, 2.05) is 34.6 Å². The number of alkyl carbamates (subject to hydrolysis) is 1. The van der Waals surface area contributed by atoms with Crippen molar-refractivity contribution in [2.45, 2.75) is 65.2 Å². The Morgan fingerprint density at radius 2 is 2.06 bits per heavy atom. The third-order valence-corrected chi connectivity index (χ3v) is 2.72. The topological polar surface area (TPSA) is 64.6 Å². The maximum absolute atomic E-state index is 11.7. The van der Waals surface area contributed by atoms with Crippen LogP contribution in [-0.4, -0.2) is 29.8 Å². The summed E-state index contributed by atoms with van der Waals surface area (Å²) in [4.78, 5) is 22.9. The molecule has 2 atom stereocenters. The Hall–Kier alpha value is -1.26. The number of esters is 1. The van der Waals surface area contributed by atoms with Crippen LogP contribution in [0.5, 0.6) is 0 Å². The fraction of sp³-hybridized carbons (Fsp3) is 0.846. The van der Waals surface area contributed by atoms with Crippen molar-refractivity contribution in [1.29, 1.82) is 0 Å². The Morgan fingerprint density at radius 1 is 1.44 bits per heavy atom. The normalized spacial score (nSPS) is 21.7. The van der Waals surface area contributed by atoms with E-state index < -0.39 is 11.7 Å². The number of ether oxygens (including phenoxy) is 2. The summed E-state index contributed by atoms with van der Waals surface area (Å²) >= 11 is 0. The summed E-state index contributed by atoms with van der Waals surface area (Å²) in [6.45, 7) is 9.40. The molecular weight excluding hydrogens is 234 g/mol. The van der Waals surface area contributed by atoms with Gasteiger partial charge in [0, 0.05) is 6.42 Å². The lowest BCUT2D eigenvalue weighted by Gasteiger charge is -2.28. The minimum atomic E-state index is -0.530. The lowest BCUT2D eigenvalue weighted by molar-refractivity contribution is -0.142. The molecule has 18 heavy (non-hydrogen) atoms. The van der Waals surface area contributed by atoms with Crippen LogP contribution < -0.4 is 5.32 Å². The predicted octanol–water partition coefficient (Wildman–Crippen LogP) is 2.24. The number of carbonyl (C=O) groups excluding carboxylic acids is 2. The van der Waals surface area contributed by atoms with Crippen LogP contribution in [0.15, 0.2) is 0 Å². The second-order valence-electron chi connectivity index (χ2n) is 5.98. The molecule has 0 aromatic heterocycles. The summed E-state index contributed by atoms with van der Waals surface area (Å²) in [6.07, 6.45) is 0.357. The van der Waals surface area contributed by atoms with Gasteiger partial charge in [0.1, 0.15) is 11.7 Å². The fourth-order valence-electron chi connectivity index (χ4n) is 1.93. The maximum Gasteiger partial charge on any atom is 0.408 e. The standard InChI is InChI=1S/C13H23NO4/c1-8(2)11(9-6-7-10(15)17-9)14-12(16)18-13(3,4)5/h8-9,11H,6-7H2,1-5H3,(H,14,16). The van der Waals surface area contributed by atoms with Crippen molar-refractivity contribution in [2.24, 2.45) is 5.92 Å². The average Bonchev–Trinajstić information content (AvgIpc) is 2.57. The molecule has 1 heterocycles. The van der Waals surface area contributed by atoms with E-state index in [0.29, 0.717) is 12.8 Å². The molecule has 1 N–H and O–H groups in total. The first-order chi connectivity index (χ1) is 8.19. The lowest BCUT2D eigenvalue weighted by atomic mass is 9.97. The highest BCUT2D eigenvalue weighted by molar-refractivity contribution is 5.72. The van der Waals surface area contributed by atoms with E-state index in [9.17, 15) is 9.59 Å². The van der Waals surface area contributed by atoms with Gasteiger partial charge in [0.15, 0.2) is 0 Å². The first-order valence-corrected chi connectivity index (χ1v) is 6.38. The molecule has 5 nitrogen and oxygen atoms in total. The number of rotatable bonds is 3. The molecule has 104 valence electrons. The second kappa shape index (κ2) is 5.59. The van der Waals surface area contributed by atoms with Crippen LogP contribution in [0.4, 0.5) is 4.79 Å². The number of hydrogen-bond acceptors (Lipinski definition) is 4.